The lowest BCUT2D eigenvalue weighted by Crippen LogP contribution is -2.60. The molecule has 1 amide bonds. The molecule has 1 aromatic carbocycles. The molecule has 1 aliphatic rings. The second kappa shape index (κ2) is 5.50. The summed E-state index contributed by atoms with van der Waals surface area (Å²) in [6.07, 6.45) is 3.11. The average Bonchev–Trinajstić information content (AvgIpc) is 2.36. The van der Waals surface area contributed by atoms with Crippen molar-refractivity contribution in [2.75, 3.05) is 6.61 Å². The minimum Gasteiger partial charge on any atom is -0.394 e. The molecule has 4 nitrogen and oxygen atoms in total. The summed E-state index contributed by atoms with van der Waals surface area (Å²) >= 11 is 0. The van der Waals surface area contributed by atoms with Crippen LogP contribution in [0.3, 0.4) is 0 Å². The topological polar surface area (TPSA) is 75.4 Å². The molecule has 0 spiro atoms. The lowest BCUT2D eigenvalue weighted by Gasteiger charge is -2.37. The molecule has 0 aliphatic heterocycles. The molecule has 0 heterocycles. The van der Waals surface area contributed by atoms with Crippen molar-refractivity contribution in [1.82, 2.24) is 5.32 Å². The molecule has 18 heavy (non-hydrogen) atoms. The first-order valence-corrected chi connectivity index (χ1v) is 6.39. The van der Waals surface area contributed by atoms with Crippen molar-refractivity contribution < 1.29 is 9.90 Å². The van der Waals surface area contributed by atoms with Crippen LogP contribution in [-0.2, 0) is 11.2 Å². The zero-order valence-corrected chi connectivity index (χ0v) is 10.4. The maximum absolute atomic E-state index is 12.0. The monoisotopic (exact) mass is 248 g/mol. The van der Waals surface area contributed by atoms with Crippen molar-refractivity contribution in [3.8, 4) is 0 Å². The number of rotatable bonds is 5. The van der Waals surface area contributed by atoms with E-state index in [1.165, 1.54) is 0 Å². The Morgan fingerprint density at radius 3 is 2.56 bits per heavy atom. The minimum atomic E-state index is -0.704. The Balaban J connectivity index is 1.91. The number of carbonyl (C=O) groups excluding carboxylic acids is 1. The molecule has 1 aliphatic carbocycles. The van der Waals surface area contributed by atoms with Gasteiger partial charge >= 0.3 is 0 Å². The van der Waals surface area contributed by atoms with Crippen LogP contribution >= 0.6 is 0 Å². The minimum absolute atomic E-state index is 0.0727. The molecule has 4 heteroatoms. The number of nitrogens with two attached hydrogens (primary N) is 1. The highest BCUT2D eigenvalue weighted by atomic mass is 16.3. The van der Waals surface area contributed by atoms with Crippen LogP contribution in [0.2, 0.25) is 0 Å². The Kier molecular flexibility index (Phi) is 3.99. The molecule has 0 radical (unpaired) electrons. The quantitative estimate of drug-likeness (QED) is 0.714. The predicted octanol–water partition coefficient (Wildman–Crippen LogP) is 0.588. The van der Waals surface area contributed by atoms with Crippen molar-refractivity contribution >= 4 is 5.91 Å². The Labute approximate surface area is 107 Å². The Hall–Kier alpha value is -1.39. The molecule has 0 bridgehead atoms. The Morgan fingerprint density at radius 1 is 1.39 bits per heavy atom. The van der Waals surface area contributed by atoms with Gasteiger partial charge in [-0.15, -0.1) is 0 Å². The zero-order valence-electron chi connectivity index (χ0n) is 10.4. The van der Waals surface area contributed by atoms with Crippen LogP contribution < -0.4 is 11.1 Å². The van der Waals surface area contributed by atoms with Crippen LogP contribution in [0.4, 0.5) is 0 Å². The van der Waals surface area contributed by atoms with E-state index in [4.69, 9.17) is 5.73 Å². The van der Waals surface area contributed by atoms with Gasteiger partial charge in [0.25, 0.3) is 0 Å². The molecule has 4 N–H and O–H groups in total. The first-order chi connectivity index (χ1) is 8.64. The third-order valence-corrected chi connectivity index (χ3v) is 3.58. The van der Waals surface area contributed by atoms with E-state index in [1.807, 2.05) is 30.3 Å². The summed E-state index contributed by atoms with van der Waals surface area (Å²) in [5.74, 6) is -0.135. The summed E-state index contributed by atoms with van der Waals surface area (Å²) in [7, 11) is 0. The largest absolute Gasteiger partial charge is 0.394 e. The van der Waals surface area contributed by atoms with E-state index >= 15 is 0 Å². The Morgan fingerprint density at radius 2 is 2.06 bits per heavy atom. The van der Waals surface area contributed by atoms with E-state index in [0.717, 1.165) is 24.8 Å². The molecular formula is C14H20N2O2. The van der Waals surface area contributed by atoms with Crippen LogP contribution in [0.15, 0.2) is 30.3 Å². The number of hydrogen-bond acceptors (Lipinski definition) is 3. The number of amides is 1. The summed E-state index contributed by atoms with van der Waals surface area (Å²) in [6.45, 7) is -0.0727. The van der Waals surface area contributed by atoms with Crippen molar-refractivity contribution in [3.63, 3.8) is 0 Å². The van der Waals surface area contributed by atoms with Crippen LogP contribution in [0.25, 0.3) is 0 Å². The van der Waals surface area contributed by atoms with Gasteiger partial charge in [-0.2, -0.15) is 0 Å². The van der Waals surface area contributed by atoms with Crippen LogP contribution in [0.5, 0.6) is 0 Å². The van der Waals surface area contributed by atoms with E-state index in [-0.39, 0.29) is 18.6 Å². The lowest BCUT2D eigenvalue weighted by atomic mass is 9.77. The second-order valence-electron chi connectivity index (χ2n) is 5.05. The van der Waals surface area contributed by atoms with Crippen molar-refractivity contribution in [3.05, 3.63) is 35.9 Å². The number of hydrogen-bond donors (Lipinski definition) is 3. The molecular weight excluding hydrogens is 228 g/mol. The van der Waals surface area contributed by atoms with E-state index < -0.39 is 5.54 Å². The van der Waals surface area contributed by atoms with Gasteiger partial charge in [0.1, 0.15) is 0 Å². The summed E-state index contributed by atoms with van der Waals surface area (Å²) < 4.78 is 0. The van der Waals surface area contributed by atoms with Crippen LogP contribution in [-0.4, -0.2) is 29.2 Å². The van der Waals surface area contributed by atoms with Crippen LogP contribution in [0, 0.1) is 0 Å². The third-order valence-electron chi connectivity index (χ3n) is 3.58. The number of carbonyl (C=O) groups is 1. The van der Waals surface area contributed by atoms with Gasteiger partial charge in [-0.1, -0.05) is 30.3 Å². The molecule has 0 saturated heterocycles. The Bertz CT molecular complexity index is 402. The van der Waals surface area contributed by atoms with E-state index in [0.29, 0.717) is 6.42 Å². The highest BCUT2D eigenvalue weighted by Crippen LogP contribution is 2.29. The summed E-state index contributed by atoms with van der Waals surface area (Å²) in [5, 5.41) is 12.2. The smallest absolute Gasteiger partial charge is 0.240 e. The van der Waals surface area contributed by atoms with Gasteiger partial charge < -0.3 is 16.2 Å². The normalized spacial score (nSPS) is 18.8. The van der Waals surface area contributed by atoms with Gasteiger partial charge in [0, 0.05) is 0 Å². The first-order valence-electron chi connectivity index (χ1n) is 6.39. The summed E-state index contributed by atoms with van der Waals surface area (Å²) in [4.78, 5) is 12.0. The summed E-state index contributed by atoms with van der Waals surface area (Å²) in [5.41, 5.74) is 6.34. The van der Waals surface area contributed by atoms with Gasteiger partial charge in [-0.3, -0.25) is 4.79 Å². The van der Waals surface area contributed by atoms with Gasteiger partial charge in [0.15, 0.2) is 0 Å². The number of aliphatic hydroxyl groups is 1. The average molecular weight is 248 g/mol. The fourth-order valence-electron chi connectivity index (χ4n) is 2.17. The van der Waals surface area contributed by atoms with Gasteiger partial charge in [0.2, 0.25) is 5.91 Å². The highest BCUT2D eigenvalue weighted by molar-refractivity contribution is 5.87. The molecule has 1 fully saturated rings. The lowest BCUT2D eigenvalue weighted by molar-refractivity contribution is -0.130. The number of nitrogens with one attached hydrogen (secondary N) is 1. The maximum Gasteiger partial charge on any atom is 0.240 e. The van der Waals surface area contributed by atoms with Crippen molar-refractivity contribution in [1.29, 1.82) is 0 Å². The molecule has 1 atom stereocenters. The standard InChI is InChI=1S/C14H20N2O2/c15-14(7-4-8-14)13(18)16-12(10-17)9-11-5-2-1-3-6-11/h1-3,5-6,12,17H,4,7-10,15H2,(H,16,18)/t12-/m1/s1. The predicted molar refractivity (Wildman–Crippen MR) is 69.9 cm³/mol. The van der Waals surface area contributed by atoms with Crippen molar-refractivity contribution in [2.24, 2.45) is 5.73 Å². The fourth-order valence-corrected chi connectivity index (χ4v) is 2.17. The molecule has 0 unspecified atom stereocenters. The number of benzene rings is 1. The second-order valence-corrected chi connectivity index (χ2v) is 5.05. The number of aliphatic hydroxyl groups excluding tert-OH is 1. The zero-order chi connectivity index (χ0) is 13.0. The SMILES string of the molecule is NC1(C(=O)N[C@@H](CO)Cc2ccccc2)CCC1. The molecule has 2 rings (SSSR count). The van der Waals surface area contributed by atoms with Crippen molar-refractivity contribution in [2.45, 2.75) is 37.3 Å². The van der Waals surface area contributed by atoms with E-state index in [1.54, 1.807) is 0 Å². The molecule has 0 aromatic heterocycles. The summed E-state index contributed by atoms with van der Waals surface area (Å²) in [6, 6.07) is 9.54. The molecule has 1 saturated carbocycles. The van der Waals surface area contributed by atoms with Gasteiger partial charge in [0.05, 0.1) is 18.2 Å². The maximum atomic E-state index is 12.0. The molecule has 1 aromatic rings. The third kappa shape index (κ3) is 2.89. The fraction of sp³-hybridized carbons (Fsp3) is 0.500. The van der Waals surface area contributed by atoms with Gasteiger partial charge in [-0.25, -0.2) is 0 Å². The van der Waals surface area contributed by atoms with E-state index in [2.05, 4.69) is 5.32 Å². The van der Waals surface area contributed by atoms with Crippen LogP contribution in [0.1, 0.15) is 24.8 Å². The van der Waals surface area contributed by atoms with Gasteiger partial charge in [-0.05, 0) is 31.2 Å². The highest BCUT2D eigenvalue weighted by Gasteiger charge is 2.40. The van der Waals surface area contributed by atoms with E-state index in [9.17, 15) is 9.90 Å². The first kappa shape index (κ1) is 13.1. The molecule has 98 valence electrons.